The highest BCUT2D eigenvalue weighted by Crippen LogP contribution is 2.37. The quantitative estimate of drug-likeness (QED) is 0.165. The number of alkyl halides is 2. The molecular weight excluding hydrogens is 708 g/mol. The maximum absolute atomic E-state index is 15.8. The van der Waals surface area contributed by atoms with Crippen LogP contribution in [0, 0.1) is 33.6 Å². The first kappa shape index (κ1) is 35.5. The summed E-state index contributed by atoms with van der Waals surface area (Å²) in [6, 6.07) is 19.9. The maximum atomic E-state index is 15.8. The highest BCUT2D eigenvalue weighted by Gasteiger charge is 2.46. The molecule has 1 N–H and O–H groups in total. The summed E-state index contributed by atoms with van der Waals surface area (Å²) in [6.45, 7) is 6.76. The van der Waals surface area contributed by atoms with E-state index >= 15 is 8.78 Å². The zero-order valence-corrected chi connectivity index (χ0v) is 30.6. The smallest absolute Gasteiger partial charge is 0.269 e. The minimum Gasteiger partial charge on any atom is -0.488 e. The number of amides is 2. The third-order valence-electron chi connectivity index (χ3n) is 10.1. The van der Waals surface area contributed by atoms with E-state index in [9.17, 15) is 9.59 Å². The SMILES string of the molecule is Cc1cc(C)n2ncc(C(=O)Nc3ccc(-c4cn(CC5CCN(C(=O)c6cc7ccccc7cc6OCc6c(C)noc6C)CC5(F)F)nn4)cc3)c2n1. The van der Waals surface area contributed by atoms with Gasteiger partial charge in [-0.3, -0.25) is 14.3 Å². The van der Waals surface area contributed by atoms with Crippen molar-refractivity contribution < 1.29 is 27.6 Å². The molecule has 7 aromatic rings. The molecule has 1 atom stereocenters. The molecule has 0 bridgehead atoms. The summed E-state index contributed by atoms with van der Waals surface area (Å²) in [6.07, 6.45) is 3.17. The molecule has 8 rings (SSSR count). The summed E-state index contributed by atoms with van der Waals surface area (Å²) in [7, 11) is 0. The molecule has 1 unspecified atom stereocenters. The van der Waals surface area contributed by atoms with Crippen LogP contribution in [0.2, 0.25) is 0 Å². The second-order valence-electron chi connectivity index (χ2n) is 14.0. The van der Waals surface area contributed by atoms with Crippen molar-refractivity contribution in [3.63, 3.8) is 0 Å². The number of likely N-dealkylation sites (tertiary alicyclic amines) is 1. The van der Waals surface area contributed by atoms with Gasteiger partial charge in [-0.15, -0.1) is 5.10 Å². The van der Waals surface area contributed by atoms with E-state index in [1.165, 1.54) is 15.8 Å². The number of rotatable bonds is 9. The number of anilines is 1. The molecule has 0 aliphatic carbocycles. The predicted octanol–water partition coefficient (Wildman–Crippen LogP) is 6.99. The number of benzene rings is 3. The number of hydrogen-bond acceptors (Lipinski definition) is 9. The number of ether oxygens (including phenoxy) is 1. The Morgan fingerprint density at radius 2 is 1.76 bits per heavy atom. The molecule has 3 aromatic carbocycles. The van der Waals surface area contributed by atoms with Crippen molar-refractivity contribution in [1.82, 2.24) is 39.6 Å². The van der Waals surface area contributed by atoms with Crippen molar-refractivity contribution >= 4 is 33.9 Å². The third-order valence-corrected chi connectivity index (χ3v) is 10.1. The van der Waals surface area contributed by atoms with E-state index < -0.39 is 24.3 Å². The molecule has 13 nitrogen and oxygen atoms in total. The van der Waals surface area contributed by atoms with Crippen LogP contribution in [0.4, 0.5) is 14.5 Å². The monoisotopic (exact) mass is 745 g/mol. The van der Waals surface area contributed by atoms with Crippen molar-refractivity contribution in [2.75, 3.05) is 18.4 Å². The lowest BCUT2D eigenvalue weighted by Crippen LogP contribution is -2.51. The number of aryl methyl sites for hydroxylation is 4. The van der Waals surface area contributed by atoms with Gasteiger partial charge in [-0.1, -0.05) is 46.8 Å². The number of nitrogens with one attached hydrogen (secondary N) is 1. The molecule has 1 fully saturated rings. The van der Waals surface area contributed by atoms with Crippen molar-refractivity contribution in [3.8, 4) is 17.0 Å². The van der Waals surface area contributed by atoms with Gasteiger partial charge in [0.05, 0.1) is 42.3 Å². The number of piperidine rings is 1. The summed E-state index contributed by atoms with van der Waals surface area (Å²) in [4.78, 5) is 32.7. The molecule has 1 saturated heterocycles. The molecule has 280 valence electrons. The van der Waals surface area contributed by atoms with Gasteiger partial charge in [0.25, 0.3) is 17.7 Å². The van der Waals surface area contributed by atoms with Gasteiger partial charge in [0.1, 0.15) is 29.4 Å². The maximum Gasteiger partial charge on any atom is 0.269 e. The number of hydrogen-bond donors (Lipinski definition) is 1. The van der Waals surface area contributed by atoms with E-state index in [1.54, 1.807) is 61.0 Å². The van der Waals surface area contributed by atoms with Crippen molar-refractivity contribution in [1.29, 1.82) is 0 Å². The Morgan fingerprint density at radius 1 is 1.00 bits per heavy atom. The predicted molar refractivity (Wildman–Crippen MR) is 199 cm³/mol. The van der Waals surface area contributed by atoms with E-state index in [0.717, 1.165) is 27.7 Å². The van der Waals surface area contributed by atoms with E-state index in [-0.39, 0.29) is 37.6 Å². The minimum absolute atomic E-state index is 0.0620. The number of aromatic nitrogens is 7. The van der Waals surface area contributed by atoms with Crippen LogP contribution in [0.15, 0.2) is 83.6 Å². The second kappa shape index (κ2) is 14.0. The molecule has 0 saturated carbocycles. The van der Waals surface area contributed by atoms with Gasteiger partial charge in [0, 0.05) is 35.1 Å². The van der Waals surface area contributed by atoms with Crippen LogP contribution in [0.1, 0.15) is 55.5 Å². The van der Waals surface area contributed by atoms with Gasteiger partial charge in [-0.05, 0) is 75.2 Å². The summed E-state index contributed by atoms with van der Waals surface area (Å²) in [5, 5.41) is 21.1. The summed E-state index contributed by atoms with van der Waals surface area (Å²) >= 11 is 0. The first-order chi connectivity index (χ1) is 26.4. The average molecular weight is 746 g/mol. The largest absolute Gasteiger partial charge is 0.488 e. The van der Waals surface area contributed by atoms with Gasteiger partial charge in [0.2, 0.25) is 0 Å². The molecule has 15 heteroatoms. The number of carbonyl (C=O) groups excluding carboxylic acids is 2. The van der Waals surface area contributed by atoms with Crippen molar-refractivity contribution in [2.24, 2.45) is 5.92 Å². The second-order valence-corrected chi connectivity index (χ2v) is 14.0. The molecule has 2 amide bonds. The van der Waals surface area contributed by atoms with E-state index in [0.29, 0.717) is 45.4 Å². The molecule has 4 aromatic heterocycles. The van der Waals surface area contributed by atoms with E-state index in [1.807, 2.05) is 44.2 Å². The topological polar surface area (TPSA) is 146 Å². The molecule has 1 aliphatic rings. The molecule has 1 aliphatic heterocycles. The van der Waals surface area contributed by atoms with Crippen LogP contribution in [0.5, 0.6) is 5.75 Å². The summed E-state index contributed by atoms with van der Waals surface area (Å²) in [5.41, 5.74) is 5.86. The van der Waals surface area contributed by atoms with E-state index in [2.05, 4.69) is 30.9 Å². The van der Waals surface area contributed by atoms with Crippen LogP contribution in [-0.4, -0.2) is 70.5 Å². The summed E-state index contributed by atoms with van der Waals surface area (Å²) in [5.74, 6) is -4.23. The zero-order chi connectivity index (χ0) is 38.4. The Labute approximate surface area is 313 Å². The fraction of sp³-hybridized carbons (Fsp3) is 0.275. The number of carbonyl (C=O) groups is 2. The van der Waals surface area contributed by atoms with Crippen LogP contribution in [0.3, 0.4) is 0 Å². The normalized spacial score (nSPS) is 15.5. The van der Waals surface area contributed by atoms with Crippen LogP contribution < -0.4 is 10.1 Å². The molecule has 0 radical (unpaired) electrons. The standard InChI is InChI=1S/C40H37F2N9O4/c1-23-15-24(2)51-37(44-23)33(18-43-51)38(52)45-31-11-9-27(10-12-31)35-20-50(48-46-35)19-30-13-14-49(22-40(30,41)42)39(53)32-16-28-7-5-6-8-29(28)17-36(32)54-21-34-25(3)47-55-26(34)4/h5-12,15-18,20,30H,13-14,19,21-22H2,1-4H3,(H,45,52). The van der Waals surface area contributed by atoms with Crippen molar-refractivity contribution in [3.05, 3.63) is 119 Å². The lowest BCUT2D eigenvalue weighted by Gasteiger charge is -2.38. The Bertz CT molecular complexity index is 2560. The molecule has 55 heavy (non-hydrogen) atoms. The first-order valence-electron chi connectivity index (χ1n) is 17.8. The highest BCUT2D eigenvalue weighted by atomic mass is 19.3. The molecule has 5 heterocycles. The zero-order valence-electron chi connectivity index (χ0n) is 30.6. The Balaban J connectivity index is 0.923. The third kappa shape index (κ3) is 7.00. The minimum atomic E-state index is -3.19. The van der Waals surface area contributed by atoms with Gasteiger partial charge in [0.15, 0.2) is 5.65 Å². The Hall–Kier alpha value is -6.51. The van der Waals surface area contributed by atoms with Crippen LogP contribution in [-0.2, 0) is 13.2 Å². The Morgan fingerprint density at radius 3 is 2.49 bits per heavy atom. The van der Waals surface area contributed by atoms with Gasteiger partial charge in [-0.2, -0.15) is 5.10 Å². The fourth-order valence-electron chi connectivity index (χ4n) is 7.02. The number of halogens is 2. The average Bonchev–Trinajstić information content (AvgIpc) is 3.90. The number of nitrogens with zero attached hydrogens (tertiary/aromatic N) is 8. The lowest BCUT2D eigenvalue weighted by molar-refractivity contribution is -0.108. The Kier molecular flexibility index (Phi) is 9.07. The van der Waals surface area contributed by atoms with E-state index in [4.69, 9.17) is 9.26 Å². The van der Waals surface area contributed by atoms with Crippen LogP contribution in [0.25, 0.3) is 27.7 Å². The van der Waals surface area contributed by atoms with Gasteiger partial charge >= 0.3 is 0 Å². The number of fused-ring (bicyclic) bond motifs is 2. The lowest BCUT2D eigenvalue weighted by atomic mass is 9.92. The van der Waals surface area contributed by atoms with Gasteiger partial charge in [-0.25, -0.2) is 18.3 Å². The van der Waals surface area contributed by atoms with Crippen molar-refractivity contribution in [2.45, 2.75) is 53.2 Å². The highest BCUT2D eigenvalue weighted by molar-refractivity contribution is 6.08. The first-order valence-corrected chi connectivity index (χ1v) is 17.8. The van der Waals surface area contributed by atoms with Gasteiger partial charge < -0.3 is 19.5 Å². The van der Waals surface area contributed by atoms with Crippen LogP contribution >= 0.6 is 0 Å². The summed E-state index contributed by atoms with van der Waals surface area (Å²) < 4.78 is 46.1. The fourth-order valence-corrected chi connectivity index (χ4v) is 7.02. The molecule has 0 spiro atoms. The molecular formula is C40H37F2N9O4.